The third kappa shape index (κ3) is 4.15. The van der Waals surface area contributed by atoms with E-state index in [0.717, 1.165) is 21.1 Å². The molecular weight excluding hydrogens is 440 g/mol. The minimum Gasteiger partial charge on any atom is -0.481 e. The van der Waals surface area contributed by atoms with E-state index in [4.69, 9.17) is 5.11 Å². The lowest BCUT2D eigenvalue weighted by atomic mass is 9.97. The summed E-state index contributed by atoms with van der Waals surface area (Å²) in [6.07, 6.45) is 1.70. The smallest absolute Gasteiger partial charge is 0.306 e. The Morgan fingerprint density at radius 3 is 2.61 bits per heavy atom. The van der Waals surface area contributed by atoms with Crippen LogP contribution in [0.25, 0.3) is 16.5 Å². The van der Waals surface area contributed by atoms with Gasteiger partial charge in [0, 0.05) is 11.8 Å². The van der Waals surface area contributed by atoms with Crippen molar-refractivity contribution >= 4 is 50.2 Å². The van der Waals surface area contributed by atoms with Gasteiger partial charge in [-0.15, -0.1) is 0 Å². The predicted octanol–water partition coefficient (Wildman–Crippen LogP) is 5.34. The molecule has 1 heterocycles. The summed E-state index contributed by atoms with van der Waals surface area (Å²) in [4.78, 5) is 28.3. The van der Waals surface area contributed by atoms with Gasteiger partial charge in [0.1, 0.15) is 10.4 Å². The number of rotatable bonds is 7. The van der Waals surface area contributed by atoms with Crippen LogP contribution in [0.2, 0.25) is 0 Å². The molecular formula is C21H21BrN2O3S. The van der Waals surface area contributed by atoms with E-state index in [1.54, 1.807) is 13.1 Å². The van der Waals surface area contributed by atoms with Crippen LogP contribution in [0.4, 0.5) is 0 Å². The Morgan fingerprint density at radius 1 is 1.21 bits per heavy atom. The molecule has 1 N–H and O–H groups in total. The quantitative estimate of drug-likeness (QED) is 0.481. The Labute approximate surface area is 176 Å². The van der Waals surface area contributed by atoms with Crippen LogP contribution in [0.15, 0.2) is 58.4 Å². The first-order valence-electron chi connectivity index (χ1n) is 8.87. The van der Waals surface area contributed by atoms with Crippen LogP contribution >= 0.6 is 27.7 Å². The molecule has 3 aromatic rings. The number of ketones is 1. The molecule has 0 saturated carbocycles. The number of imidazole rings is 1. The van der Waals surface area contributed by atoms with Crippen molar-refractivity contribution in [1.29, 1.82) is 0 Å². The summed E-state index contributed by atoms with van der Waals surface area (Å²) in [5.74, 6) is -1.79. The third-order valence-electron chi connectivity index (χ3n) is 4.63. The average Bonchev–Trinajstić information content (AvgIpc) is 3.00. The number of thioether (sulfide) groups is 1. The van der Waals surface area contributed by atoms with E-state index < -0.39 is 16.6 Å². The minimum absolute atomic E-state index is 0.00845. The molecule has 3 rings (SSSR count). The van der Waals surface area contributed by atoms with Gasteiger partial charge in [-0.2, -0.15) is 0 Å². The van der Waals surface area contributed by atoms with Crippen molar-refractivity contribution in [3.8, 4) is 5.69 Å². The van der Waals surface area contributed by atoms with E-state index in [2.05, 4.69) is 39.1 Å². The van der Waals surface area contributed by atoms with Gasteiger partial charge in [-0.3, -0.25) is 14.2 Å². The highest BCUT2D eigenvalue weighted by Gasteiger charge is 2.33. The van der Waals surface area contributed by atoms with Crippen molar-refractivity contribution in [2.24, 2.45) is 5.92 Å². The Hall–Kier alpha value is -2.12. The molecule has 1 atom stereocenters. The number of Topliss-reactive ketones (excluding diaryl/α,β-unsaturated/α-hetero) is 1. The van der Waals surface area contributed by atoms with Gasteiger partial charge < -0.3 is 5.11 Å². The van der Waals surface area contributed by atoms with Crippen LogP contribution < -0.4 is 0 Å². The number of aromatic nitrogens is 2. The van der Waals surface area contributed by atoms with Crippen LogP contribution in [0.3, 0.4) is 0 Å². The van der Waals surface area contributed by atoms with Gasteiger partial charge in [0.2, 0.25) is 0 Å². The maximum atomic E-state index is 12.7. The fourth-order valence-corrected chi connectivity index (χ4v) is 4.53. The largest absolute Gasteiger partial charge is 0.481 e. The monoisotopic (exact) mass is 460 g/mol. The molecule has 7 heteroatoms. The highest BCUT2D eigenvalue weighted by Crippen LogP contribution is 2.38. The number of carboxylic acids is 1. The molecule has 0 fully saturated rings. The molecule has 0 aliphatic heterocycles. The molecule has 146 valence electrons. The standard InChI is InChI=1S/C21H21BrN2O3S/c1-13(19(26)27)11-17(25)21(2,3)28-20-23-12-18(22)24(20)16-10-6-8-14-7-4-5-9-15(14)16/h4-10,12-13H,11H2,1-3H3,(H,26,27). The maximum Gasteiger partial charge on any atom is 0.306 e. The molecule has 1 aromatic heterocycles. The number of carboxylic acid groups (broad SMARTS) is 1. The van der Waals surface area contributed by atoms with Crippen molar-refractivity contribution in [2.45, 2.75) is 37.1 Å². The number of benzene rings is 2. The Balaban J connectivity index is 1.97. The van der Waals surface area contributed by atoms with Gasteiger partial charge in [0.05, 0.1) is 22.5 Å². The Kier molecular flexibility index (Phi) is 5.95. The lowest BCUT2D eigenvalue weighted by Gasteiger charge is -2.23. The Bertz CT molecular complexity index is 1040. The molecule has 0 amide bonds. The zero-order valence-corrected chi connectivity index (χ0v) is 18.3. The number of nitrogens with zero attached hydrogens (tertiary/aromatic N) is 2. The summed E-state index contributed by atoms with van der Waals surface area (Å²) in [5, 5.41) is 12.0. The zero-order chi connectivity index (χ0) is 20.5. The molecule has 5 nitrogen and oxygen atoms in total. The van der Waals surface area contributed by atoms with Crippen molar-refractivity contribution in [1.82, 2.24) is 9.55 Å². The van der Waals surface area contributed by atoms with Crippen molar-refractivity contribution in [2.75, 3.05) is 0 Å². The predicted molar refractivity (Wildman–Crippen MR) is 115 cm³/mol. The fourth-order valence-electron chi connectivity index (χ4n) is 2.91. The first kappa shape index (κ1) is 20.6. The van der Waals surface area contributed by atoms with Gasteiger partial charge in [0.25, 0.3) is 0 Å². The van der Waals surface area contributed by atoms with E-state index >= 15 is 0 Å². The molecule has 28 heavy (non-hydrogen) atoms. The number of carbonyl (C=O) groups excluding carboxylic acids is 1. The maximum absolute atomic E-state index is 12.7. The summed E-state index contributed by atoms with van der Waals surface area (Å²) < 4.78 is 1.95. The average molecular weight is 461 g/mol. The highest BCUT2D eigenvalue weighted by molar-refractivity contribution is 9.10. The van der Waals surface area contributed by atoms with Crippen molar-refractivity contribution < 1.29 is 14.7 Å². The van der Waals surface area contributed by atoms with Crippen LogP contribution in [-0.2, 0) is 9.59 Å². The van der Waals surface area contributed by atoms with E-state index in [9.17, 15) is 9.59 Å². The summed E-state index contributed by atoms with van der Waals surface area (Å²) in [5.41, 5.74) is 0.965. The lowest BCUT2D eigenvalue weighted by Crippen LogP contribution is -2.31. The van der Waals surface area contributed by atoms with Crippen molar-refractivity contribution in [3.63, 3.8) is 0 Å². The fraction of sp³-hybridized carbons (Fsp3) is 0.286. The second-order valence-electron chi connectivity index (χ2n) is 7.18. The molecule has 1 unspecified atom stereocenters. The zero-order valence-electron chi connectivity index (χ0n) is 15.8. The first-order chi connectivity index (χ1) is 13.2. The number of carbonyl (C=O) groups is 2. The summed E-state index contributed by atoms with van der Waals surface area (Å²) in [6, 6.07) is 14.1. The molecule has 2 aromatic carbocycles. The summed E-state index contributed by atoms with van der Waals surface area (Å²) >= 11 is 4.91. The molecule has 0 aliphatic carbocycles. The second kappa shape index (κ2) is 8.09. The number of halogens is 1. The normalized spacial score (nSPS) is 12.9. The molecule has 0 radical (unpaired) electrons. The first-order valence-corrected chi connectivity index (χ1v) is 10.5. The van der Waals surface area contributed by atoms with Crippen molar-refractivity contribution in [3.05, 3.63) is 53.3 Å². The second-order valence-corrected chi connectivity index (χ2v) is 9.58. The molecule has 0 aliphatic rings. The van der Waals surface area contributed by atoms with Crippen LogP contribution in [0.5, 0.6) is 0 Å². The van der Waals surface area contributed by atoms with E-state index in [-0.39, 0.29) is 12.2 Å². The number of aliphatic carboxylic acids is 1. The SMILES string of the molecule is CC(CC(=O)C(C)(C)Sc1ncc(Br)n1-c1cccc2ccccc12)C(=O)O. The summed E-state index contributed by atoms with van der Waals surface area (Å²) in [7, 11) is 0. The van der Waals surface area contributed by atoms with Gasteiger partial charge in [-0.1, -0.05) is 55.1 Å². The van der Waals surface area contributed by atoms with Crippen LogP contribution in [0.1, 0.15) is 27.2 Å². The molecule has 0 saturated heterocycles. The summed E-state index contributed by atoms with van der Waals surface area (Å²) in [6.45, 7) is 5.17. The topological polar surface area (TPSA) is 72.2 Å². The number of hydrogen-bond acceptors (Lipinski definition) is 4. The third-order valence-corrected chi connectivity index (χ3v) is 6.39. The van der Waals surface area contributed by atoms with E-state index in [0.29, 0.717) is 5.16 Å². The van der Waals surface area contributed by atoms with Gasteiger partial charge >= 0.3 is 5.97 Å². The van der Waals surface area contributed by atoms with E-state index in [1.165, 1.54) is 11.8 Å². The molecule has 0 spiro atoms. The van der Waals surface area contributed by atoms with Crippen LogP contribution in [-0.4, -0.2) is 31.2 Å². The van der Waals surface area contributed by atoms with Gasteiger partial charge in [0.15, 0.2) is 5.16 Å². The van der Waals surface area contributed by atoms with Gasteiger partial charge in [-0.25, -0.2) is 4.98 Å². The Morgan fingerprint density at radius 2 is 1.89 bits per heavy atom. The number of hydrogen-bond donors (Lipinski definition) is 1. The van der Waals surface area contributed by atoms with Crippen LogP contribution in [0, 0.1) is 5.92 Å². The van der Waals surface area contributed by atoms with Gasteiger partial charge in [-0.05, 0) is 41.2 Å². The van der Waals surface area contributed by atoms with E-state index in [1.807, 2.05) is 42.7 Å². The highest BCUT2D eigenvalue weighted by atomic mass is 79.9. The molecule has 0 bridgehead atoms. The lowest BCUT2D eigenvalue weighted by molar-refractivity contribution is -0.143. The number of fused-ring (bicyclic) bond motifs is 1. The minimum atomic E-state index is -0.964.